The second kappa shape index (κ2) is 4.18. The van der Waals surface area contributed by atoms with Crippen molar-refractivity contribution in [1.82, 2.24) is 0 Å². The van der Waals surface area contributed by atoms with Gasteiger partial charge in [-0.2, -0.15) is 13.2 Å². The van der Waals surface area contributed by atoms with Gasteiger partial charge in [-0.15, -0.1) is 0 Å². The lowest BCUT2D eigenvalue weighted by atomic mass is 10.0. The first-order chi connectivity index (χ1) is 6.78. The van der Waals surface area contributed by atoms with Crippen molar-refractivity contribution in [2.45, 2.75) is 25.6 Å². The van der Waals surface area contributed by atoms with Gasteiger partial charge in [0.15, 0.2) is 0 Å². The summed E-state index contributed by atoms with van der Waals surface area (Å²) in [5.74, 6) is -0.647. The predicted octanol–water partition coefficient (Wildman–Crippen LogP) is 3.12. The standard InChI is InChI=1S/C10H10F4O/c1-6-2-7(4-8(11)3-6)9(15)5-10(12,13)14/h2-4,9,15H,5H2,1H3. The molecule has 0 aromatic heterocycles. The van der Waals surface area contributed by atoms with Crippen molar-refractivity contribution >= 4 is 0 Å². The first-order valence-corrected chi connectivity index (χ1v) is 4.30. The lowest BCUT2D eigenvalue weighted by Gasteiger charge is -2.14. The summed E-state index contributed by atoms with van der Waals surface area (Å²) in [6.07, 6.45) is -7.53. The van der Waals surface area contributed by atoms with Gasteiger partial charge in [0.1, 0.15) is 5.82 Å². The predicted molar refractivity (Wildman–Crippen MR) is 46.8 cm³/mol. The zero-order chi connectivity index (χ0) is 11.6. The maximum absolute atomic E-state index is 12.8. The van der Waals surface area contributed by atoms with Crippen LogP contribution in [-0.2, 0) is 0 Å². The summed E-state index contributed by atoms with van der Waals surface area (Å²) in [5.41, 5.74) is 0.427. The van der Waals surface area contributed by atoms with Crippen LogP contribution in [0.3, 0.4) is 0 Å². The highest BCUT2D eigenvalue weighted by atomic mass is 19.4. The van der Waals surface area contributed by atoms with Crippen molar-refractivity contribution in [3.8, 4) is 0 Å². The van der Waals surface area contributed by atoms with E-state index in [1.54, 1.807) is 6.92 Å². The van der Waals surface area contributed by atoms with Crippen molar-refractivity contribution in [3.05, 3.63) is 35.1 Å². The zero-order valence-electron chi connectivity index (χ0n) is 7.98. The van der Waals surface area contributed by atoms with Crippen molar-refractivity contribution in [1.29, 1.82) is 0 Å². The summed E-state index contributed by atoms with van der Waals surface area (Å²) in [6.45, 7) is 1.55. The molecule has 1 nitrogen and oxygen atoms in total. The molecule has 0 saturated carbocycles. The number of aliphatic hydroxyl groups excluding tert-OH is 1. The highest BCUT2D eigenvalue weighted by Crippen LogP contribution is 2.29. The summed E-state index contributed by atoms with van der Waals surface area (Å²) < 4.78 is 48.6. The Morgan fingerprint density at radius 2 is 1.87 bits per heavy atom. The van der Waals surface area contributed by atoms with Gasteiger partial charge in [0.25, 0.3) is 0 Å². The van der Waals surface area contributed by atoms with E-state index in [0.29, 0.717) is 5.56 Å². The molecular formula is C10H10F4O. The van der Waals surface area contributed by atoms with Crippen LogP contribution in [0.4, 0.5) is 17.6 Å². The molecule has 0 aliphatic rings. The van der Waals surface area contributed by atoms with E-state index in [0.717, 1.165) is 6.07 Å². The summed E-state index contributed by atoms with van der Waals surface area (Å²) in [4.78, 5) is 0. The number of rotatable bonds is 2. The molecule has 0 heterocycles. The monoisotopic (exact) mass is 222 g/mol. The minimum absolute atomic E-state index is 0.0511. The van der Waals surface area contributed by atoms with Gasteiger partial charge in [-0.25, -0.2) is 4.39 Å². The normalized spacial score (nSPS) is 14.0. The summed E-state index contributed by atoms with van der Waals surface area (Å²) in [5, 5.41) is 9.22. The third kappa shape index (κ3) is 3.87. The minimum Gasteiger partial charge on any atom is -0.388 e. The molecule has 0 amide bonds. The van der Waals surface area contributed by atoms with Crippen LogP contribution in [0, 0.1) is 12.7 Å². The fourth-order valence-corrected chi connectivity index (χ4v) is 1.29. The topological polar surface area (TPSA) is 20.2 Å². The molecular weight excluding hydrogens is 212 g/mol. The number of alkyl halides is 3. The van der Waals surface area contributed by atoms with E-state index in [4.69, 9.17) is 0 Å². The number of hydrogen-bond donors (Lipinski definition) is 1. The molecule has 84 valence electrons. The Bertz CT molecular complexity index is 326. The molecule has 1 rings (SSSR count). The van der Waals surface area contributed by atoms with Gasteiger partial charge in [-0.05, 0) is 30.2 Å². The molecule has 0 spiro atoms. The van der Waals surface area contributed by atoms with Gasteiger partial charge < -0.3 is 5.11 Å². The number of benzene rings is 1. The Morgan fingerprint density at radius 3 is 2.33 bits per heavy atom. The summed E-state index contributed by atoms with van der Waals surface area (Å²) >= 11 is 0. The fourth-order valence-electron chi connectivity index (χ4n) is 1.29. The van der Waals surface area contributed by atoms with Gasteiger partial charge in [0.2, 0.25) is 0 Å². The molecule has 1 aromatic rings. The van der Waals surface area contributed by atoms with E-state index in [9.17, 15) is 22.7 Å². The maximum atomic E-state index is 12.8. The van der Waals surface area contributed by atoms with Crippen molar-refractivity contribution < 1.29 is 22.7 Å². The third-order valence-electron chi connectivity index (χ3n) is 1.87. The molecule has 1 unspecified atom stereocenters. The Balaban J connectivity index is 2.86. The molecule has 1 N–H and O–H groups in total. The Kier molecular flexibility index (Phi) is 3.34. The second-order valence-corrected chi connectivity index (χ2v) is 3.40. The lowest BCUT2D eigenvalue weighted by Crippen LogP contribution is -2.13. The van der Waals surface area contributed by atoms with Gasteiger partial charge in [-0.1, -0.05) is 6.07 Å². The van der Waals surface area contributed by atoms with Crippen LogP contribution in [0.25, 0.3) is 0 Å². The van der Waals surface area contributed by atoms with E-state index >= 15 is 0 Å². The average molecular weight is 222 g/mol. The van der Waals surface area contributed by atoms with E-state index in [1.807, 2.05) is 0 Å². The Labute approximate surface area is 84.3 Å². The lowest BCUT2D eigenvalue weighted by molar-refractivity contribution is -0.154. The second-order valence-electron chi connectivity index (χ2n) is 3.40. The van der Waals surface area contributed by atoms with Crippen LogP contribution in [-0.4, -0.2) is 11.3 Å². The molecule has 0 aliphatic heterocycles. The van der Waals surface area contributed by atoms with Gasteiger partial charge in [0, 0.05) is 0 Å². The molecule has 15 heavy (non-hydrogen) atoms. The molecule has 0 fully saturated rings. The summed E-state index contributed by atoms with van der Waals surface area (Å²) in [6, 6.07) is 3.42. The molecule has 0 aliphatic carbocycles. The van der Waals surface area contributed by atoms with E-state index in [2.05, 4.69) is 0 Å². The highest BCUT2D eigenvalue weighted by molar-refractivity contribution is 5.25. The third-order valence-corrected chi connectivity index (χ3v) is 1.87. The Hall–Kier alpha value is -1.10. The largest absolute Gasteiger partial charge is 0.391 e. The van der Waals surface area contributed by atoms with Crippen LogP contribution in [0.15, 0.2) is 18.2 Å². The van der Waals surface area contributed by atoms with Crippen molar-refractivity contribution in [2.24, 2.45) is 0 Å². The average Bonchev–Trinajstić information content (AvgIpc) is 1.98. The van der Waals surface area contributed by atoms with E-state index in [-0.39, 0.29) is 5.56 Å². The van der Waals surface area contributed by atoms with Crippen LogP contribution >= 0.6 is 0 Å². The molecule has 1 atom stereocenters. The number of aryl methyl sites for hydroxylation is 1. The quantitative estimate of drug-likeness (QED) is 0.762. The van der Waals surface area contributed by atoms with Crippen LogP contribution in [0.2, 0.25) is 0 Å². The van der Waals surface area contributed by atoms with Gasteiger partial charge >= 0.3 is 6.18 Å². The molecule has 5 heteroatoms. The number of aliphatic hydroxyl groups is 1. The number of halogens is 4. The molecule has 1 aromatic carbocycles. The SMILES string of the molecule is Cc1cc(F)cc(C(O)CC(F)(F)F)c1. The number of hydrogen-bond acceptors (Lipinski definition) is 1. The first-order valence-electron chi connectivity index (χ1n) is 4.30. The fraction of sp³-hybridized carbons (Fsp3) is 0.400. The maximum Gasteiger partial charge on any atom is 0.391 e. The van der Waals surface area contributed by atoms with Crippen LogP contribution in [0.1, 0.15) is 23.7 Å². The Morgan fingerprint density at radius 1 is 1.27 bits per heavy atom. The van der Waals surface area contributed by atoms with Gasteiger partial charge in [-0.3, -0.25) is 0 Å². The summed E-state index contributed by atoms with van der Waals surface area (Å²) in [7, 11) is 0. The molecule has 0 radical (unpaired) electrons. The highest BCUT2D eigenvalue weighted by Gasteiger charge is 2.31. The minimum atomic E-state index is -4.46. The van der Waals surface area contributed by atoms with Crippen molar-refractivity contribution in [2.75, 3.05) is 0 Å². The smallest absolute Gasteiger partial charge is 0.388 e. The molecule has 0 bridgehead atoms. The van der Waals surface area contributed by atoms with E-state index < -0.39 is 24.5 Å². The van der Waals surface area contributed by atoms with Crippen molar-refractivity contribution in [3.63, 3.8) is 0 Å². The first kappa shape index (κ1) is 12.0. The molecule has 0 saturated heterocycles. The van der Waals surface area contributed by atoms with Crippen LogP contribution < -0.4 is 0 Å². The van der Waals surface area contributed by atoms with Gasteiger partial charge in [0.05, 0.1) is 12.5 Å². The zero-order valence-corrected chi connectivity index (χ0v) is 7.98. The van der Waals surface area contributed by atoms with Crippen LogP contribution in [0.5, 0.6) is 0 Å². The van der Waals surface area contributed by atoms with E-state index in [1.165, 1.54) is 12.1 Å².